The fourth-order valence-corrected chi connectivity index (χ4v) is 7.65. The zero-order chi connectivity index (χ0) is 30.1. The lowest BCUT2D eigenvalue weighted by molar-refractivity contribution is 0.660. The number of hydrogen-bond acceptors (Lipinski definition) is 0. The predicted molar refractivity (Wildman–Crippen MR) is 193 cm³/mol. The maximum Gasteiger partial charge on any atom is 0.0159 e. The van der Waals surface area contributed by atoms with Gasteiger partial charge in [-0.25, -0.2) is 0 Å². The lowest BCUT2D eigenvalue weighted by Gasteiger charge is -2.22. The quantitative estimate of drug-likeness (QED) is 0.185. The normalized spacial score (nSPS) is 13.3. The summed E-state index contributed by atoms with van der Waals surface area (Å²) < 4.78 is 0. The Morgan fingerprint density at radius 3 is 1.69 bits per heavy atom. The van der Waals surface area contributed by atoms with Crippen LogP contribution in [0.15, 0.2) is 158 Å². The molecule has 0 fully saturated rings. The molecule has 0 amide bonds. The van der Waals surface area contributed by atoms with Crippen molar-refractivity contribution in [2.45, 2.75) is 19.3 Å². The van der Waals surface area contributed by atoms with Gasteiger partial charge in [-0.15, -0.1) is 0 Å². The highest BCUT2D eigenvalue weighted by atomic mass is 14.4. The van der Waals surface area contributed by atoms with Crippen LogP contribution in [0.2, 0.25) is 0 Å². The molecule has 0 heteroatoms. The van der Waals surface area contributed by atoms with E-state index in [1.807, 2.05) is 0 Å². The zero-order valence-electron chi connectivity index (χ0n) is 25.5. The molecule has 8 aromatic carbocycles. The van der Waals surface area contributed by atoms with Crippen LogP contribution in [-0.4, -0.2) is 0 Å². The molecule has 0 N–H and O–H groups in total. The maximum absolute atomic E-state index is 2.41. The Kier molecular flexibility index (Phi) is 5.64. The molecule has 0 nitrogen and oxygen atoms in total. The first-order valence-electron chi connectivity index (χ1n) is 15.8. The van der Waals surface area contributed by atoms with Gasteiger partial charge in [0.05, 0.1) is 0 Å². The van der Waals surface area contributed by atoms with Crippen LogP contribution in [0.3, 0.4) is 0 Å². The lowest BCUT2D eigenvalue weighted by Crippen LogP contribution is -2.14. The van der Waals surface area contributed by atoms with Gasteiger partial charge in [-0.05, 0) is 118 Å². The molecule has 0 unspecified atom stereocenters. The van der Waals surface area contributed by atoms with Gasteiger partial charge in [0.15, 0.2) is 0 Å². The fourth-order valence-electron chi connectivity index (χ4n) is 7.65. The second kappa shape index (κ2) is 9.78. The van der Waals surface area contributed by atoms with Gasteiger partial charge in [-0.2, -0.15) is 0 Å². The summed E-state index contributed by atoms with van der Waals surface area (Å²) in [5, 5.41) is 7.68. The second-order valence-electron chi connectivity index (χ2n) is 13.0. The molecule has 0 aliphatic heterocycles. The van der Waals surface area contributed by atoms with Gasteiger partial charge in [0.2, 0.25) is 0 Å². The molecule has 0 bridgehead atoms. The van der Waals surface area contributed by atoms with E-state index in [1.165, 1.54) is 88.0 Å². The molecule has 1 aliphatic rings. The Labute approximate surface area is 264 Å². The molecule has 9 rings (SSSR count). The van der Waals surface area contributed by atoms with Crippen LogP contribution in [0.4, 0.5) is 0 Å². The Balaban J connectivity index is 1.09. The number of benzene rings is 8. The van der Waals surface area contributed by atoms with Gasteiger partial charge >= 0.3 is 0 Å². The minimum atomic E-state index is 0.00135. The topological polar surface area (TPSA) is 0 Å². The van der Waals surface area contributed by atoms with E-state index in [0.717, 1.165) is 0 Å². The van der Waals surface area contributed by atoms with Crippen molar-refractivity contribution < 1.29 is 0 Å². The van der Waals surface area contributed by atoms with Gasteiger partial charge in [0.1, 0.15) is 0 Å². The third kappa shape index (κ3) is 4.06. The van der Waals surface area contributed by atoms with Crippen molar-refractivity contribution >= 4 is 32.3 Å². The summed E-state index contributed by atoms with van der Waals surface area (Å²) in [4.78, 5) is 0. The van der Waals surface area contributed by atoms with E-state index in [9.17, 15) is 0 Å². The Bertz CT molecular complexity index is 2460. The smallest absolute Gasteiger partial charge is 0.0159 e. The lowest BCUT2D eigenvalue weighted by atomic mass is 9.81. The molecular weight excluding hydrogens is 540 g/mol. The average molecular weight is 573 g/mol. The fraction of sp³-hybridized carbons (Fsp3) is 0.0667. The first kappa shape index (κ1) is 26.0. The monoisotopic (exact) mass is 572 g/mol. The zero-order valence-corrected chi connectivity index (χ0v) is 25.5. The molecule has 212 valence electrons. The van der Waals surface area contributed by atoms with E-state index in [-0.39, 0.29) is 5.41 Å². The summed E-state index contributed by atoms with van der Waals surface area (Å²) in [5.41, 5.74) is 13.1. The van der Waals surface area contributed by atoms with E-state index < -0.39 is 0 Å². The van der Waals surface area contributed by atoms with E-state index in [2.05, 4.69) is 172 Å². The average Bonchev–Trinajstić information content (AvgIpc) is 3.33. The van der Waals surface area contributed by atoms with E-state index in [1.54, 1.807) is 0 Å². The first-order chi connectivity index (χ1) is 22.0. The third-order valence-corrected chi connectivity index (χ3v) is 10.0. The summed E-state index contributed by atoms with van der Waals surface area (Å²) in [7, 11) is 0. The van der Waals surface area contributed by atoms with Crippen molar-refractivity contribution in [1.82, 2.24) is 0 Å². The third-order valence-electron chi connectivity index (χ3n) is 10.0. The molecule has 0 saturated carbocycles. The first-order valence-corrected chi connectivity index (χ1v) is 15.8. The number of fused-ring (bicyclic) bond motifs is 7. The Morgan fingerprint density at radius 2 is 0.889 bits per heavy atom. The van der Waals surface area contributed by atoms with E-state index in [0.29, 0.717) is 0 Å². The highest BCUT2D eigenvalue weighted by Crippen LogP contribution is 2.49. The highest BCUT2D eigenvalue weighted by Gasteiger charge is 2.35. The summed E-state index contributed by atoms with van der Waals surface area (Å²) in [6.45, 7) is 4.70. The molecule has 45 heavy (non-hydrogen) atoms. The highest BCUT2D eigenvalue weighted by molar-refractivity contribution is 6.13. The summed E-state index contributed by atoms with van der Waals surface area (Å²) in [6.07, 6.45) is 0. The molecule has 0 spiro atoms. The molecular formula is C45H32. The van der Waals surface area contributed by atoms with Crippen molar-refractivity contribution in [3.8, 4) is 44.5 Å². The second-order valence-corrected chi connectivity index (χ2v) is 13.0. The molecule has 8 aromatic rings. The van der Waals surface area contributed by atoms with E-state index in [4.69, 9.17) is 0 Å². The van der Waals surface area contributed by atoms with Crippen LogP contribution in [0.25, 0.3) is 76.8 Å². The molecule has 0 atom stereocenters. The van der Waals surface area contributed by atoms with Crippen LogP contribution in [-0.2, 0) is 5.41 Å². The van der Waals surface area contributed by atoms with Crippen molar-refractivity contribution in [2.75, 3.05) is 0 Å². The van der Waals surface area contributed by atoms with Crippen molar-refractivity contribution in [2.24, 2.45) is 0 Å². The van der Waals surface area contributed by atoms with Crippen molar-refractivity contribution in [1.29, 1.82) is 0 Å². The minimum Gasteiger partial charge on any atom is -0.0619 e. The van der Waals surface area contributed by atoms with Crippen molar-refractivity contribution in [3.63, 3.8) is 0 Å². The summed E-state index contributed by atoms with van der Waals surface area (Å²) in [6, 6.07) is 58.5. The van der Waals surface area contributed by atoms with Crippen LogP contribution < -0.4 is 0 Å². The molecule has 0 aromatic heterocycles. The van der Waals surface area contributed by atoms with Gasteiger partial charge < -0.3 is 0 Å². The van der Waals surface area contributed by atoms with Gasteiger partial charge in [0, 0.05) is 5.41 Å². The molecule has 0 heterocycles. The van der Waals surface area contributed by atoms with Crippen LogP contribution in [0.1, 0.15) is 25.0 Å². The van der Waals surface area contributed by atoms with E-state index >= 15 is 0 Å². The Hall–Kier alpha value is -5.46. The van der Waals surface area contributed by atoms with Gasteiger partial charge in [0.25, 0.3) is 0 Å². The maximum atomic E-state index is 2.41. The van der Waals surface area contributed by atoms with Gasteiger partial charge in [-0.1, -0.05) is 141 Å². The van der Waals surface area contributed by atoms with Crippen molar-refractivity contribution in [3.05, 3.63) is 169 Å². The molecule has 0 radical (unpaired) electrons. The molecule has 1 aliphatic carbocycles. The standard InChI is InChI=1S/C45H32/c1-45(2)43-17-8-7-16-40(43)41-23-22-34(28-44(41)45)33-21-20-31-24-30(18-19-32(31)25-33)29-11-9-12-35(26-29)42-27-36-10-3-4-13-37(36)38-14-5-6-15-39(38)42/h3-28H,1-2H3. The van der Waals surface area contributed by atoms with Crippen LogP contribution >= 0.6 is 0 Å². The number of hydrogen-bond donors (Lipinski definition) is 0. The molecule has 0 saturated heterocycles. The largest absolute Gasteiger partial charge is 0.0619 e. The summed E-state index contributed by atoms with van der Waals surface area (Å²) >= 11 is 0. The predicted octanol–water partition coefficient (Wildman–Crippen LogP) is 12.5. The summed E-state index contributed by atoms with van der Waals surface area (Å²) in [5.74, 6) is 0. The van der Waals surface area contributed by atoms with Crippen LogP contribution in [0, 0.1) is 0 Å². The SMILES string of the molecule is CC1(C)c2ccccc2-c2ccc(-c3ccc4cc(-c5cccc(-c6cc7ccccc7c7ccccc67)c5)ccc4c3)cc21. The Morgan fingerprint density at radius 1 is 0.311 bits per heavy atom. The minimum absolute atomic E-state index is 0.00135. The van der Waals surface area contributed by atoms with Crippen LogP contribution in [0.5, 0.6) is 0 Å². The van der Waals surface area contributed by atoms with Gasteiger partial charge in [-0.3, -0.25) is 0 Å². The number of rotatable bonds is 3.